The number of nitrogens with one attached hydrogen (secondary N) is 1. The molecule has 0 spiro atoms. The summed E-state index contributed by atoms with van der Waals surface area (Å²) in [6.45, 7) is 2.14. The summed E-state index contributed by atoms with van der Waals surface area (Å²) in [5.41, 5.74) is 3.27. The number of nitro benzene ring substituents is 2. The second-order valence-electron chi connectivity index (χ2n) is 6.46. The van der Waals surface area contributed by atoms with Gasteiger partial charge in [0.05, 0.1) is 35.7 Å². The molecule has 1 heterocycles. The van der Waals surface area contributed by atoms with E-state index in [1.165, 1.54) is 30.5 Å². The lowest BCUT2D eigenvalue weighted by Crippen LogP contribution is -2.36. The third-order valence-electron chi connectivity index (χ3n) is 4.49. The maximum Gasteiger partial charge on any atom is 0.293 e. The standard InChI is InChI=1S/C19H19N5O6/c25-19(12-15-3-1-2-4-16(15)23(26)27)21-20-13-14-5-6-17(18(11-14)24(28)29)22-7-9-30-10-8-22/h1-6,11,13H,7-10,12H2,(H,21,25). The lowest BCUT2D eigenvalue weighted by Gasteiger charge is -2.28. The summed E-state index contributed by atoms with van der Waals surface area (Å²) in [6.07, 6.45) is 1.07. The summed E-state index contributed by atoms with van der Waals surface area (Å²) in [5.74, 6) is -0.542. The average molecular weight is 413 g/mol. The van der Waals surface area contributed by atoms with Gasteiger partial charge in [-0.1, -0.05) is 24.3 Å². The molecule has 3 rings (SSSR count). The van der Waals surface area contributed by atoms with Crippen LogP contribution in [0.1, 0.15) is 11.1 Å². The van der Waals surface area contributed by atoms with E-state index < -0.39 is 15.8 Å². The van der Waals surface area contributed by atoms with Crippen molar-refractivity contribution in [2.75, 3.05) is 31.2 Å². The van der Waals surface area contributed by atoms with Gasteiger partial charge in [0.1, 0.15) is 5.69 Å². The molecule has 30 heavy (non-hydrogen) atoms. The van der Waals surface area contributed by atoms with Gasteiger partial charge in [-0.25, -0.2) is 5.43 Å². The number of amides is 1. The van der Waals surface area contributed by atoms with Crippen molar-refractivity contribution in [2.24, 2.45) is 5.10 Å². The molecule has 1 aliphatic rings. The highest BCUT2D eigenvalue weighted by Gasteiger charge is 2.21. The molecule has 2 aromatic rings. The van der Waals surface area contributed by atoms with E-state index in [0.717, 1.165) is 0 Å². The van der Waals surface area contributed by atoms with Gasteiger partial charge in [-0.15, -0.1) is 0 Å². The van der Waals surface area contributed by atoms with Crippen molar-refractivity contribution < 1.29 is 19.4 Å². The third kappa shape index (κ3) is 5.14. The number of hydrazone groups is 1. The fourth-order valence-electron chi connectivity index (χ4n) is 3.07. The van der Waals surface area contributed by atoms with Gasteiger partial charge in [0.25, 0.3) is 11.4 Å². The van der Waals surface area contributed by atoms with E-state index in [1.54, 1.807) is 18.2 Å². The molecule has 1 amide bonds. The molecule has 0 saturated carbocycles. The second-order valence-corrected chi connectivity index (χ2v) is 6.46. The van der Waals surface area contributed by atoms with Crippen molar-refractivity contribution >= 4 is 29.2 Å². The van der Waals surface area contributed by atoms with Crippen molar-refractivity contribution in [3.05, 3.63) is 73.8 Å². The van der Waals surface area contributed by atoms with E-state index in [4.69, 9.17) is 4.74 Å². The van der Waals surface area contributed by atoms with Crippen LogP contribution in [-0.4, -0.2) is 48.3 Å². The highest BCUT2D eigenvalue weighted by molar-refractivity contribution is 5.85. The van der Waals surface area contributed by atoms with Crippen LogP contribution in [0.5, 0.6) is 0 Å². The summed E-state index contributed by atoms with van der Waals surface area (Å²) in [5, 5.41) is 26.3. The number of nitrogens with zero attached hydrogens (tertiary/aromatic N) is 4. The zero-order valence-electron chi connectivity index (χ0n) is 15.9. The molecule has 0 atom stereocenters. The smallest absolute Gasteiger partial charge is 0.293 e. The number of hydrogen-bond acceptors (Lipinski definition) is 8. The van der Waals surface area contributed by atoms with Gasteiger partial charge in [0.15, 0.2) is 0 Å². The summed E-state index contributed by atoms with van der Waals surface area (Å²) < 4.78 is 5.27. The van der Waals surface area contributed by atoms with Crippen LogP contribution in [-0.2, 0) is 16.0 Å². The Labute approximate surface area is 171 Å². The number of benzene rings is 2. The van der Waals surface area contributed by atoms with Gasteiger partial charge in [-0.05, 0) is 6.07 Å². The third-order valence-corrected chi connectivity index (χ3v) is 4.49. The molecule has 1 N–H and O–H groups in total. The number of morpholine rings is 1. The number of ether oxygens (including phenoxy) is 1. The van der Waals surface area contributed by atoms with E-state index >= 15 is 0 Å². The predicted octanol–water partition coefficient (Wildman–Crippen LogP) is 2.03. The first-order chi connectivity index (χ1) is 14.5. The van der Waals surface area contributed by atoms with Crippen LogP contribution in [0.25, 0.3) is 0 Å². The Kier molecular flexibility index (Phi) is 6.65. The van der Waals surface area contributed by atoms with Gasteiger partial charge in [-0.2, -0.15) is 5.10 Å². The van der Waals surface area contributed by atoms with Crippen molar-refractivity contribution in [1.82, 2.24) is 5.43 Å². The largest absolute Gasteiger partial charge is 0.378 e. The van der Waals surface area contributed by atoms with Crippen LogP contribution in [0.3, 0.4) is 0 Å². The topological polar surface area (TPSA) is 140 Å². The predicted molar refractivity (Wildman–Crippen MR) is 109 cm³/mol. The van der Waals surface area contributed by atoms with Gasteiger partial charge >= 0.3 is 0 Å². The minimum atomic E-state index is -0.555. The minimum Gasteiger partial charge on any atom is -0.378 e. The lowest BCUT2D eigenvalue weighted by atomic mass is 10.1. The van der Waals surface area contributed by atoms with Gasteiger partial charge < -0.3 is 9.64 Å². The molecule has 0 aromatic heterocycles. The molecule has 1 fully saturated rings. The maximum atomic E-state index is 12.0. The number of rotatable bonds is 7. The highest BCUT2D eigenvalue weighted by Crippen LogP contribution is 2.29. The number of hydrogen-bond donors (Lipinski definition) is 1. The van der Waals surface area contributed by atoms with Crippen molar-refractivity contribution in [2.45, 2.75) is 6.42 Å². The Hall–Kier alpha value is -3.86. The molecular formula is C19H19N5O6. The van der Waals surface area contributed by atoms with Crippen LogP contribution < -0.4 is 10.3 Å². The molecule has 11 heteroatoms. The first-order valence-electron chi connectivity index (χ1n) is 9.11. The molecule has 0 radical (unpaired) electrons. The van der Waals surface area contributed by atoms with Crippen molar-refractivity contribution in [3.63, 3.8) is 0 Å². The number of carbonyl (C=O) groups excluding carboxylic acids is 1. The van der Waals surface area contributed by atoms with Gasteiger partial charge in [-0.3, -0.25) is 25.0 Å². The number of carbonyl (C=O) groups is 1. The number of anilines is 1. The first-order valence-corrected chi connectivity index (χ1v) is 9.11. The van der Waals surface area contributed by atoms with Crippen LogP contribution in [0.4, 0.5) is 17.1 Å². The maximum absolute atomic E-state index is 12.0. The number of nitro groups is 2. The Bertz CT molecular complexity index is 987. The van der Waals surface area contributed by atoms with E-state index in [0.29, 0.717) is 37.6 Å². The molecule has 1 saturated heterocycles. The molecule has 1 aliphatic heterocycles. The van der Waals surface area contributed by atoms with E-state index in [1.807, 2.05) is 4.90 Å². The Morgan fingerprint density at radius 1 is 1.10 bits per heavy atom. The summed E-state index contributed by atoms with van der Waals surface area (Å²) >= 11 is 0. The summed E-state index contributed by atoms with van der Waals surface area (Å²) in [6, 6.07) is 10.6. The van der Waals surface area contributed by atoms with Crippen molar-refractivity contribution in [1.29, 1.82) is 0 Å². The molecule has 0 aliphatic carbocycles. The Morgan fingerprint density at radius 3 is 2.50 bits per heavy atom. The van der Waals surface area contributed by atoms with Crippen LogP contribution in [0.15, 0.2) is 47.6 Å². The Morgan fingerprint density at radius 2 is 1.80 bits per heavy atom. The summed E-state index contributed by atoms with van der Waals surface area (Å²) in [7, 11) is 0. The van der Waals surface area contributed by atoms with Crippen LogP contribution in [0, 0.1) is 20.2 Å². The SMILES string of the molecule is O=C(Cc1ccccc1[N+](=O)[O-])NN=Cc1ccc(N2CCOCC2)c([N+](=O)[O-])c1. The zero-order chi connectivity index (χ0) is 21.5. The molecular weight excluding hydrogens is 394 g/mol. The minimum absolute atomic E-state index is 0.0629. The molecule has 156 valence electrons. The monoisotopic (exact) mass is 413 g/mol. The number of para-hydroxylation sites is 1. The van der Waals surface area contributed by atoms with E-state index in [9.17, 15) is 25.0 Å². The van der Waals surface area contributed by atoms with Crippen LogP contribution in [0.2, 0.25) is 0 Å². The molecule has 11 nitrogen and oxygen atoms in total. The quantitative estimate of drug-likeness (QED) is 0.416. The fraction of sp³-hybridized carbons (Fsp3) is 0.263. The second kappa shape index (κ2) is 9.56. The van der Waals surface area contributed by atoms with E-state index in [-0.39, 0.29) is 23.4 Å². The zero-order valence-corrected chi connectivity index (χ0v) is 15.9. The molecule has 0 bridgehead atoms. The van der Waals surface area contributed by atoms with Gasteiger partial charge in [0.2, 0.25) is 5.91 Å². The van der Waals surface area contributed by atoms with Crippen molar-refractivity contribution in [3.8, 4) is 0 Å². The first kappa shape index (κ1) is 20.9. The fourth-order valence-corrected chi connectivity index (χ4v) is 3.07. The van der Waals surface area contributed by atoms with Crippen LogP contribution >= 0.6 is 0 Å². The lowest BCUT2D eigenvalue weighted by molar-refractivity contribution is -0.385. The Balaban J connectivity index is 1.67. The van der Waals surface area contributed by atoms with E-state index in [2.05, 4.69) is 10.5 Å². The van der Waals surface area contributed by atoms with Gasteiger partial charge in [0, 0.05) is 36.3 Å². The molecule has 2 aromatic carbocycles. The molecule has 0 unspecified atom stereocenters. The summed E-state index contributed by atoms with van der Waals surface area (Å²) in [4.78, 5) is 35.4. The highest BCUT2D eigenvalue weighted by atomic mass is 16.6. The average Bonchev–Trinajstić information content (AvgIpc) is 2.74. The normalized spacial score (nSPS) is 13.9.